The van der Waals surface area contributed by atoms with Crippen molar-refractivity contribution in [3.05, 3.63) is 0 Å². The van der Waals surface area contributed by atoms with E-state index in [0.717, 1.165) is 11.8 Å². The van der Waals surface area contributed by atoms with Crippen LogP contribution in [0.3, 0.4) is 0 Å². The highest BCUT2D eigenvalue weighted by Crippen LogP contribution is 2.60. The lowest BCUT2D eigenvalue weighted by molar-refractivity contribution is 0.147. The van der Waals surface area contributed by atoms with Gasteiger partial charge in [-0.2, -0.15) is 0 Å². The molecule has 0 aromatic heterocycles. The highest BCUT2D eigenvalue weighted by atomic mass is 16.3. The van der Waals surface area contributed by atoms with E-state index < -0.39 is 0 Å². The minimum Gasteiger partial charge on any atom is -0.396 e. The molecule has 0 amide bonds. The van der Waals surface area contributed by atoms with E-state index in [4.69, 9.17) is 0 Å². The van der Waals surface area contributed by atoms with Crippen molar-refractivity contribution >= 4 is 0 Å². The smallest absolute Gasteiger partial charge is 0.0492 e. The summed E-state index contributed by atoms with van der Waals surface area (Å²) in [5, 5.41) is 9.25. The average molecular weight is 156 g/mol. The Hall–Kier alpha value is -0.0400. The normalized spacial score (nSPS) is 36.8. The van der Waals surface area contributed by atoms with Crippen molar-refractivity contribution in [3.63, 3.8) is 0 Å². The summed E-state index contributed by atoms with van der Waals surface area (Å²) in [6, 6.07) is 0. The van der Waals surface area contributed by atoms with E-state index >= 15 is 0 Å². The van der Waals surface area contributed by atoms with Crippen LogP contribution < -0.4 is 0 Å². The van der Waals surface area contributed by atoms with Crippen LogP contribution in [0.4, 0.5) is 0 Å². The quantitative estimate of drug-likeness (QED) is 0.664. The maximum absolute atomic E-state index is 9.25. The molecule has 1 aliphatic carbocycles. The monoisotopic (exact) mass is 156 g/mol. The van der Waals surface area contributed by atoms with Crippen molar-refractivity contribution in [1.29, 1.82) is 0 Å². The molecule has 0 aromatic rings. The van der Waals surface area contributed by atoms with Gasteiger partial charge in [0.1, 0.15) is 0 Å². The SMILES string of the molecule is CC(C)C1CC1(CO)C(C)C. The number of hydrogen-bond donors (Lipinski definition) is 1. The highest BCUT2D eigenvalue weighted by Gasteiger charge is 2.56. The lowest BCUT2D eigenvalue weighted by Gasteiger charge is -2.20. The lowest BCUT2D eigenvalue weighted by Crippen LogP contribution is -2.19. The Balaban J connectivity index is 2.56. The van der Waals surface area contributed by atoms with Gasteiger partial charge in [0.05, 0.1) is 0 Å². The van der Waals surface area contributed by atoms with Crippen LogP contribution in [0.5, 0.6) is 0 Å². The van der Waals surface area contributed by atoms with Crippen LogP contribution in [0.15, 0.2) is 0 Å². The first-order chi connectivity index (χ1) is 5.04. The van der Waals surface area contributed by atoms with E-state index in [1.54, 1.807) is 0 Å². The summed E-state index contributed by atoms with van der Waals surface area (Å²) in [4.78, 5) is 0. The third-order valence-corrected chi connectivity index (χ3v) is 3.43. The maximum Gasteiger partial charge on any atom is 0.0492 e. The van der Waals surface area contributed by atoms with Crippen molar-refractivity contribution in [2.75, 3.05) is 6.61 Å². The van der Waals surface area contributed by atoms with Gasteiger partial charge in [0.25, 0.3) is 0 Å². The number of rotatable bonds is 3. The molecule has 0 saturated heterocycles. The Morgan fingerprint density at radius 2 is 1.91 bits per heavy atom. The second-order valence-electron chi connectivity index (χ2n) is 4.60. The predicted molar refractivity (Wildman–Crippen MR) is 47.3 cm³/mol. The van der Waals surface area contributed by atoms with Crippen LogP contribution in [0.1, 0.15) is 34.1 Å². The largest absolute Gasteiger partial charge is 0.396 e. The highest BCUT2D eigenvalue weighted by molar-refractivity contribution is 5.04. The second kappa shape index (κ2) is 2.78. The maximum atomic E-state index is 9.25. The third kappa shape index (κ3) is 1.31. The van der Waals surface area contributed by atoms with E-state index in [9.17, 15) is 5.11 Å². The van der Waals surface area contributed by atoms with Crippen molar-refractivity contribution in [1.82, 2.24) is 0 Å². The number of aliphatic hydroxyl groups excluding tert-OH is 1. The topological polar surface area (TPSA) is 20.2 Å². The zero-order valence-electron chi connectivity index (χ0n) is 8.09. The molecule has 1 nitrogen and oxygen atoms in total. The molecule has 0 radical (unpaired) electrons. The molecule has 1 saturated carbocycles. The first kappa shape index (κ1) is 9.05. The zero-order chi connectivity index (χ0) is 8.65. The summed E-state index contributed by atoms with van der Waals surface area (Å²) in [5.41, 5.74) is 0.286. The van der Waals surface area contributed by atoms with Gasteiger partial charge >= 0.3 is 0 Å². The van der Waals surface area contributed by atoms with Crippen molar-refractivity contribution in [2.24, 2.45) is 23.2 Å². The van der Waals surface area contributed by atoms with E-state index in [-0.39, 0.29) is 5.41 Å². The summed E-state index contributed by atoms with van der Waals surface area (Å²) in [7, 11) is 0. The van der Waals surface area contributed by atoms with Crippen molar-refractivity contribution in [3.8, 4) is 0 Å². The Morgan fingerprint density at radius 3 is 2.00 bits per heavy atom. The van der Waals surface area contributed by atoms with Gasteiger partial charge in [-0.1, -0.05) is 27.7 Å². The molecular weight excluding hydrogens is 136 g/mol. The molecule has 66 valence electrons. The van der Waals surface area contributed by atoms with Crippen LogP contribution >= 0.6 is 0 Å². The molecule has 1 fully saturated rings. The van der Waals surface area contributed by atoms with Gasteiger partial charge in [0.15, 0.2) is 0 Å². The summed E-state index contributed by atoms with van der Waals surface area (Å²) >= 11 is 0. The van der Waals surface area contributed by atoms with E-state index in [2.05, 4.69) is 27.7 Å². The van der Waals surface area contributed by atoms with Gasteiger partial charge in [-0.15, -0.1) is 0 Å². The fraction of sp³-hybridized carbons (Fsp3) is 1.00. The minimum absolute atomic E-state index is 0.286. The second-order valence-corrected chi connectivity index (χ2v) is 4.60. The van der Waals surface area contributed by atoms with E-state index in [1.807, 2.05) is 0 Å². The first-order valence-corrected chi connectivity index (χ1v) is 4.65. The molecule has 11 heavy (non-hydrogen) atoms. The summed E-state index contributed by atoms with van der Waals surface area (Å²) in [6.07, 6.45) is 1.23. The molecule has 0 heterocycles. The van der Waals surface area contributed by atoms with Crippen LogP contribution in [0.2, 0.25) is 0 Å². The van der Waals surface area contributed by atoms with E-state index in [1.165, 1.54) is 6.42 Å². The fourth-order valence-electron chi connectivity index (χ4n) is 2.28. The Labute approximate surface area is 69.8 Å². The molecule has 0 spiro atoms. The summed E-state index contributed by atoms with van der Waals surface area (Å²) in [6.45, 7) is 9.33. The third-order valence-electron chi connectivity index (χ3n) is 3.43. The Kier molecular flexibility index (Phi) is 2.29. The van der Waals surface area contributed by atoms with Gasteiger partial charge in [-0.25, -0.2) is 0 Å². The summed E-state index contributed by atoms with van der Waals surface area (Å²) < 4.78 is 0. The van der Waals surface area contributed by atoms with Gasteiger partial charge in [-0.05, 0) is 29.6 Å². The lowest BCUT2D eigenvalue weighted by atomic mass is 9.87. The van der Waals surface area contributed by atoms with Gasteiger partial charge < -0.3 is 5.11 Å². The molecule has 0 aromatic carbocycles. The fourth-order valence-corrected chi connectivity index (χ4v) is 2.28. The molecule has 0 bridgehead atoms. The molecule has 2 unspecified atom stereocenters. The molecular formula is C10H20O. The molecule has 0 aliphatic heterocycles. The van der Waals surface area contributed by atoms with Crippen molar-refractivity contribution < 1.29 is 5.11 Å². The average Bonchev–Trinajstić information content (AvgIpc) is 2.62. The summed E-state index contributed by atoms with van der Waals surface area (Å²) in [5.74, 6) is 2.15. The van der Waals surface area contributed by atoms with Crippen LogP contribution in [-0.4, -0.2) is 11.7 Å². The van der Waals surface area contributed by atoms with Gasteiger partial charge in [-0.3, -0.25) is 0 Å². The zero-order valence-corrected chi connectivity index (χ0v) is 8.09. The molecule has 1 aliphatic rings. The van der Waals surface area contributed by atoms with Crippen molar-refractivity contribution in [2.45, 2.75) is 34.1 Å². The number of hydrogen-bond acceptors (Lipinski definition) is 1. The standard InChI is InChI=1S/C10H20O/c1-7(2)9-5-10(9,6-11)8(3)4/h7-9,11H,5-6H2,1-4H3. The molecule has 2 atom stereocenters. The Morgan fingerprint density at radius 1 is 1.36 bits per heavy atom. The molecule has 1 rings (SSSR count). The van der Waals surface area contributed by atoms with Crippen LogP contribution in [0.25, 0.3) is 0 Å². The molecule has 1 N–H and O–H groups in total. The van der Waals surface area contributed by atoms with Gasteiger partial charge in [0.2, 0.25) is 0 Å². The van der Waals surface area contributed by atoms with Crippen LogP contribution in [0, 0.1) is 23.2 Å². The van der Waals surface area contributed by atoms with Crippen LogP contribution in [-0.2, 0) is 0 Å². The predicted octanol–water partition coefficient (Wildman–Crippen LogP) is 2.30. The Bertz CT molecular complexity index is 140. The van der Waals surface area contributed by atoms with Gasteiger partial charge in [0, 0.05) is 6.61 Å². The molecule has 1 heteroatoms. The first-order valence-electron chi connectivity index (χ1n) is 4.65. The minimum atomic E-state index is 0.286. The van der Waals surface area contributed by atoms with E-state index in [0.29, 0.717) is 12.5 Å². The number of aliphatic hydroxyl groups is 1.